The molecule has 0 saturated carbocycles. The van der Waals surface area contributed by atoms with Crippen LogP contribution in [-0.2, 0) is 0 Å². The number of nitrogens with one attached hydrogen (secondary N) is 1. The van der Waals surface area contributed by atoms with Crippen LogP contribution in [0.2, 0.25) is 0 Å². The van der Waals surface area contributed by atoms with Crippen molar-refractivity contribution < 1.29 is 9.32 Å². The molecule has 100 valence electrons. The first kappa shape index (κ1) is 12.9. The number of hydrogen-bond acceptors (Lipinski definition) is 3. The minimum Gasteiger partial charge on any atom is -0.361 e. The molecule has 5 heteroatoms. The minimum atomic E-state index is 0.0272. The lowest BCUT2D eigenvalue weighted by Gasteiger charge is -2.24. The van der Waals surface area contributed by atoms with Crippen molar-refractivity contribution in [1.82, 2.24) is 15.4 Å². The van der Waals surface area contributed by atoms with Crippen LogP contribution >= 0.6 is 0 Å². The molecule has 0 unspecified atom stereocenters. The highest BCUT2D eigenvalue weighted by Crippen LogP contribution is 2.35. The summed E-state index contributed by atoms with van der Waals surface area (Å²) >= 11 is 0. The normalized spacial score (nSPS) is 19.3. The molecule has 5 nitrogen and oxygen atoms in total. The standard InChI is InChI=1S/C13H21N3O2/c1-4-7-14-13(17)16-8-5-6-11(16)12-9(2)15-18-10(12)3/h11H,4-8H2,1-3H3,(H,14,17)/t11-/m1/s1. The molecular weight excluding hydrogens is 230 g/mol. The van der Waals surface area contributed by atoms with E-state index in [1.165, 1.54) is 0 Å². The van der Waals surface area contributed by atoms with Crippen LogP contribution in [0.3, 0.4) is 0 Å². The van der Waals surface area contributed by atoms with Crippen LogP contribution < -0.4 is 5.32 Å². The average Bonchev–Trinajstić information content (AvgIpc) is 2.93. The third-order valence-corrected chi connectivity index (χ3v) is 3.46. The van der Waals surface area contributed by atoms with E-state index in [0.717, 1.165) is 49.4 Å². The Morgan fingerprint density at radius 1 is 1.56 bits per heavy atom. The van der Waals surface area contributed by atoms with Gasteiger partial charge in [-0.3, -0.25) is 0 Å². The molecular formula is C13H21N3O2. The first-order chi connectivity index (χ1) is 8.65. The third-order valence-electron chi connectivity index (χ3n) is 3.46. The van der Waals surface area contributed by atoms with E-state index >= 15 is 0 Å². The van der Waals surface area contributed by atoms with Crippen molar-refractivity contribution >= 4 is 6.03 Å². The monoisotopic (exact) mass is 251 g/mol. The molecule has 18 heavy (non-hydrogen) atoms. The third kappa shape index (κ3) is 2.35. The lowest BCUT2D eigenvalue weighted by Crippen LogP contribution is -2.39. The molecule has 2 amide bonds. The second-order valence-corrected chi connectivity index (χ2v) is 4.82. The number of carbonyl (C=O) groups excluding carboxylic acids is 1. The van der Waals surface area contributed by atoms with Gasteiger partial charge < -0.3 is 14.7 Å². The molecule has 1 atom stereocenters. The number of nitrogens with zero attached hydrogens (tertiary/aromatic N) is 2. The molecule has 0 spiro atoms. The molecule has 0 bridgehead atoms. The molecule has 2 rings (SSSR count). The lowest BCUT2D eigenvalue weighted by molar-refractivity contribution is 0.192. The van der Waals surface area contributed by atoms with E-state index in [1.54, 1.807) is 0 Å². The first-order valence-electron chi connectivity index (χ1n) is 6.62. The topological polar surface area (TPSA) is 58.4 Å². The van der Waals surface area contributed by atoms with E-state index in [0.29, 0.717) is 0 Å². The molecule has 2 heterocycles. The summed E-state index contributed by atoms with van der Waals surface area (Å²) in [6.07, 6.45) is 2.98. The number of hydrogen-bond donors (Lipinski definition) is 1. The number of urea groups is 1. The Balaban J connectivity index is 2.15. The van der Waals surface area contributed by atoms with Crippen molar-refractivity contribution in [2.45, 2.75) is 46.1 Å². The van der Waals surface area contributed by atoms with E-state index < -0.39 is 0 Å². The maximum absolute atomic E-state index is 12.1. The zero-order valence-electron chi connectivity index (χ0n) is 11.3. The number of aromatic nitrogens is 1. The van der Waals surface area contributed by atoms with Gasteiger partial charge >= 0.3 is 6.03 Å². The van der Waals surface area contributed by atoms with E-state index in [-0.39, 0.29) is 12.1 Å². The number of likely N-dealkylation sites (tertiary alicyclic amines) is 1. The van der Waals surface area contributed by atoms with Crippen LogP contribution in [0.5, 0.6) is 0 Å². The quantitative estimate of drug-likeness (QED) is 0.898. The second-order valence-electron chi connectivity index (χ2n) is 4.82. The van der Waals surface area contributed by atoms with Crippen molar-refractivity contribution in [2.24, 2.45) is 0 Å². The zero-order valence-corrected chi connectivity index (χ0v) is 11.3. The molecule has 0 aromatic carbocycles. The largest absolute Gasteiger partial charge is 0.361 e. The molecule has 1 saturated heterocycles. The van der Waals surface area contributed by atoms with Crippen LogP contribution in [-0.4, -0.2) is 29.2 Å². The van der Waals surface area contributed by atoms with Gasteiger partial charge in [0.2, 0.25) is 0 Å². The summed E-state index contributed by atoms with van der Waals surface area (Å²) in [7, 11) is 0. The maximum atomic E-state index is 12.1. The van der Waals surface area contributed by atoms with Gasteiger partial charge in [0.25, 0.3) is 0 Å². The Kier molecular flexibility index (Phi) is 3.89. The number of carbonyl (C=O) groups is 1. The van der Waals surface area contributed by atoms with Crippen LogP contribution in [0.15, 0.2) is 4.52 Å². The zero-order chi connectivity index (χ0) is 13.1. The summed E-state index contributed by atoms with van der Waals surface area (Å²) in [5, 5.41) is 6.92. The predicted octanol–water partition coefficient (Wildman–Crippen LogP) is 2.55. The molecule has 0 aliphatic carbocycles. The van der Waals surface area contributed by atoms with Crippen molar-refractivity contribution in [3.63, 3.8) is 0 Å². The Morgan fingerprint density at radius 2 is 2.33 bits per heavy atom. The van der Waals surface area contributed by atoms with Gasteiger partial charge in [0, 0.05) is 18.7 Å². The molecule has 1 aliphatic rings. The summed E-state index contributed by atoms with van der Waals surface area (Å²) in [4.78, 5) is 14.0. The minimum absolute atomic E-state index is 0.0272. The number of aryl methyl sites for hydroxylation is 2. The van der Waals surface area contributed by atoms with Gasteiger partial charge in [0.05, 0.1) is 11.7 Å². The van der Waals surface area contributed by atoms with Crippen LogP contribution in [0.1, 0.15) is 49.2 Å². The summed E-state index contributed by atoms with van der Waals surface area (Å²) in [6, 6.07) is 0.146. The van der Waals surface area contributed by atoms with Gasteiger partial charge in [0.1, 0.15) is 5.76 Å². The van der Waals surface area contributed by atoms with Crippen LogP contribution in [0, 0.1) is 13.8 Å². The van der Waals surface area contributed by atoms with E-state index in [4.69, 9.17) is 4.52 Å². The fourth-order valence-corrected chi connectivity index (χ4v) is 2.61. The number of rotatable bonds is 3. The van der Waals surface area contributed by atoms with E-state index in [1.807, 2.05) is 18.7 Å². The van der Waals surface area contributed by atoms with Crippen molar-refractivity contribution in [1.29, 1.82) is 0 Å². The summed E-state index contributed by atoms with van der Waals surface area (Å²) in [6.45, 7) is 7.44. The molecule has 0 radical (unpaired) electrons. The first-order valence-corrected chi connectivity index (χ1v) is 6.62. The Hall–Kier alpha value is -1.52. The Bertz CT molecular complexity index is 408. The maximum Gasteiger partial charge on any atom is 0.317 e. The summed E-state index contributed by atoms with van der Waals surface area (Å²) in [5.41, 5.74) is 1.98. The Labute approximate surface area is 108 Å². The van der Waals surface area contributed by atoms with E-state index in [9.17, 15) is 4.79 Å². The van der Waals surface area contributed by atoms with Gasteiger partial charge in [-0.15, -0.1) is 0 Å². The number of amides is 2. The van der Waals surface area contributed by atoms with Gasteiger partial charge in [-0.25, -0.2) is 4.79 Å². The highest BCUT2D eigenvalue weighted by atomic mass is 16.5. The highest BCUT2D eigenvalue weighted by molar-refractivity contribution is 5.75. The highest BCUT2D eigenvalue weighted by Gasteiger charge is 2.33. The fourth-order valence-electron chi connectivity index (χ4n) is 2.61. The Morgan fingerprint density at radius 3 is 2.94 bits per heavy atom. The van der Waals surface area contributed by atoms with E-state index in [2.05, 4.69) is 17.4 Å². The summed E-state index contributed by atoms with van der Waals surface area (Å²) in [5.74, 6) is 0.827. The SMILES string of the molecule is CCCNC(=O)N1CCC[C@@H]1c1c(C)noc1C. The molecule has 1 aromatic heterocycles. The van der Waals surface area contributed by atoms with Gasteiger partial charge in [-0.05, 0) is 33.1 Å². The van der Waals surface area contributed by atoms with Gasteiger partial charge in [-0.2, -0.15) is 0 Å². The smallest absolute Gasteiger partial charge is 0.317 e. The molecule has 1 aliphatic heterocycles. The van der Waals surface area contributed by atoms with Crippen molar-refractivity contribution in [2.75, 3.05) is 13.1 Å². The molecule has 1 N–H and O–H groups in total. The molecule has 1 aromatic rings. The van der Waals surface area contributed by atoms with Crippen molar-refractivity contribution in [3.05, 3.63) is 17.0 Å². The van der Waals surface area contributed by atoms with Crippen LogP contribution in [0.25, 0.3) is 0 Å². The van der Waals surface area contributed by atoms with Gasteiger partial charge in [-0.1, -0.05) is 12.1 Å². The molecule has 1 fully saturated rings. The lowest BCUT2D eigenvalue weighted by atomic mass is 10.0. The predicted molar refractivity (Wildman–Crippen MR) is 68.3 cm³/mol. The van der Waals surface area contributed by atoms with Crippen molar-refractivity contribution in [3.8, 4) is 0 Å². The van der Waals surface area contributed by atoms with Gasteiger partial charge in [0.15, 0.2) is 0 Å². The summed E-state index contributed by atoms with van der Waals surface area (Å²) < 4.78 is 5.21. The average molecular weight is 251 g/mol. The van der Waals surface area contributed by atoms with Crippen LogP contribution in [0.4, 0.5) is 4.79 Å². The fraction of sp³-hybridized carbons (Fsp3) is 0.692. The second kappa shape index (κ2) is 5.42.